The van der Waals surface area contributed by atoms with E-state index in [1.807, 2.05) is 0 Å². The average Bonchev–Trinajstić information content (AvgIpc) is 3.02. The fraction of sp³-hybridized carbons (Fsp3) is 0.950. The first-order chi connectivity index (χ1) is 22.1. The van der Waals surface area contributed by atoms with Crippen LogP contribution >= 0.6 is 0 Å². The molecule has 0 aromatic rings. The predicted molar refractivity (Wildman–Crippen MR) is 186 cm³/mol. The van der Waals surface area contributed by atoms with Gasteiger partial charge in [-0.05, 0) is 86.9 Å². The molecule has 268 valence electrons. The van der Waals surface area contributed by atoms with Gasteiger partial charge >= 0.3 is 11.9 Å². The summed E-state index contributed by atoms with van der Waals surface area (Å²) >= 11 is 0. The van der Waals surface area contributed by atoms with Gasteiger partial charge in [-0.1, -0.05) is 105 Å². The van der Waals surface area contributed by atoms with Crippen LogP contribution in [0.2, 0.25) is 0 Å². The van der Waals surface area contributed by atoms with Gasteiger partial charge in [0.1, 0.15) is 0 Å². The molecule has 0 heterocycles. The van der Waals surface area contributed by atoms with Crippen LogP contribution in [0, 0.1) is 33.5 Å². The van der Waals surface area contributed by atoms with E-state index in [9.17, 15) is 19.8 Å². The van der Waals surface area contributed by atoms with E-state index in [-0.39, 0.29) is 46.8 Å². The number of aliphatic hydroxyl groups excluding tert-OH is 2. The number of hydrogen-bond acceptors (Lipinski definition) is 6. The maximum atomic E-state index is 13.3. The van der Waals surface area contributed by atoms with Crippen LogP contribution in [0.3, 0.4) is 0 Å². The molecule has 0 atom stereocenters. The van der Waals surface area contributed by atoms with Crippen LogP contribution in [0.1, 0.15) is 182 Å². The normalized spacial score (nSPS) is 28.3. The second-order valence-corrected chi connectivity index (χ2v) is 16.8. The molecule has 0 amide bonds. The highest BCUT2D eigenvalue weighted by Crippen LogP contribution is 2.73. The highest BCUT2D eigenvalue weighted by Gasteiger charge is 2.68. The van der Waals surface area contributed by atoms with Crippen LogP contribution < -0.4 is 0 Å². The zero-order valence-corrected chi connectivity index (χ0v) is 30.5. The quantitative estimate of drug-likeness (QED) is 0.0717. The number of carbonyl (C=O) groups is 2. The van der Waals surface area contributed by atoms with Crippen molar-refractivity contribution < 1.29 is 29.3 Å². The summed E-state index contributed by atoms with van der Waals surface area (Å²) in [7, 11) is 0. The van der Waals surface area contributed by atoms with E-state index in [4.69, 9.17) is 9.47 Å². The van der Waals surface area contributed by atoms with E-state index in [2.05, 4.69) is 27.7 Å². The van der Waals surface area contributed by atoms with Gasteiger partial charge in [-0.2, -0.15) is 0 Å². The molecule has 46 heavy (non-hydrogen) atoms. The van der Waals surface area contributed by atoms with Gasteiger partial charge in [0.15, 0.2) is 0 Å². The number of aliphatic hydroxyl groups is 2. The summed E-state index contributed by atoms with van der Waals surface area (Å²) in [4.78, 5) is 26.6. The van der Waals surface area contributed by atoms with Crippen molar-refractivity contribution in [1.82, 2.24) is 0 Å². The summed E-state index contributed by atoms with van der Waals surface area (Å²) in [5.74, 6) is 0.575. The Balaban J connectivity index is 1.67. The zero-order chi connectivity index (χ0) is 33.5. The van der Waals surface area contributed by atoms with Crippen molar-refractivity contribution in [1.29, 1.82) is 0 Å². The summed E-state index contributed by atoms with van der Waals surface area (Å²) in [6.07, 6.45) is 24.5. The van der Waals surface area contributed by atoms with Crippen molar-refractivity contribution in [2.24, 2.45) is 33.5 Å². The SMILES string of the molecule is CCCCCC(CCCCC)CC(=O)OCC12CC3(CO)CC(CO)(C1)CC(COC(=O)CC(CCCCC)CCCCC)(C3)C2. The summed E-state index contributed by atoms with van der Waals surface area (Å²) in [5, 5.41) is 21.6. The third kappa shape index (κ3) is 11.5. The molecule has 0 saturated heterocycles. The molecular weight excluding hydrogens is 576 g/mol. The van der Waals surface area contributed by atoms with E-state index >= 15 is 0 Å². The molecular formula is C40H72O6. The molecule has 4 aliphatic rings. The molecule has 4 aliphatic carbocycles. The smallest absolute Gasteiger partial charge is 0.306 e. The molecule has 0 aromatic carbocycles. The molecule has 4 fully saturated rings. The highest BCUT2D eigenvalue weighted by atomic mass is 16.5. The molecule has 4 saturated carbocycles. The van der Waals surface area contributed by atoms with Crippen molar-refractivity contribution in [3.8, 4) is 0 Å². The van der Waals surface area contributed by atoms with E-state index in [0.717, 1.165) is 64.2 Å². The van der Waals surface area contributed by atoms with Crippen LogP contribution in [0.4, 0.5) is 0 Å². The Hall–Kier alpha value is -1.14. The minimum absolute atomic E-state index is 0.0635. The summed E-state index contributed by atoms with van der Waals surface area (Å²) in [6.45, 7) is 9.70. The summed E-state index contributed by atoms with van der Waals surface area (Å²) < 4.78 is 12.3. The lowest BCUT2D eigenvalue weighted by Crippen LogP contribution is -2.65. The second kappa shape index (κ2) is 19.2. The van der Waals surface area contributed by atoms with Crippen molar-refractivity contribution in [2.45, 2.75) is 182 Å². The Morgan fingerprint density at radius 1 is 0.500 bits per heavy atom. The highest BCUT2D eigenvalue weighted by molar-refractivity contribution is 5.70. The Kier molecular flexibility index (Phi) is 16.4. The van der Waals surface area contributed by atoms with Crippen LogP contribution in [0.5, 0.6) is 0 Å². The Labute approximate surface area is 282 Å². The van der Waals surface area contributed by atoms with Crippen LogP contribution in [-0.2, 0) is 19.1 Å². The van der Waals surface area contributed by atoms with Gasteiger partial charge in [0.25, 0.3) is 0 Å². The van der Waals surface area contributed by atoms with E-state index < -0.39 is 0 Å². The fourth-order valence-corrected chi connectivity index (χ4v) is 10.6. The molecule has 6 nitrogen and oxygen atoms in total. The van der Waals surface area contributed by atoms with E-state index in [1.165, 1.54) is 77.0 Å². The van der Waals surface area contributed by atoms with Crippen molar-refractivity contribution >= 4 is 11.9 Å². The van der Waals surface area contributed by atoms with Gasteiger partial charge in [-0.15, -0.1) is 0 Å². The zero-order valence-electron chi connectivity index (χ0n) is 30.5. The Morgan fingerprint density at radius 2 is 0.783 bits per heavy atom. The Bertz CT molecular complexity index is 796. The van der Waals surface area contributed by atoms with Gasteiger partial charge in [-0.3, -0.25) is 9.59 Å². The fourth-order valence-electron chi connectivity index (χ4n) is 10.6. The second-order valence-electron chi connectivity index (χ2n) is 16.8. The molecule has 4 rings (SSSR count). The molecule has 2 N–H and O–H groups in total. The van der Waals surface area contributed by atoms with Crippen molar-refractivity contribution in [3.63, 3.8) is 0 Å². The summed E-state index contributed by atoms with van der Waals surface area (Å²) in [5.41, 5.74) is -1.21. The maximum absolute atomic E-state index is 13.3. The van der Waals surface area contributed by atoms with Crippen molar-refractivity contribution in [2.75, 3.05) is 26.4 Å². The minimum atomic E-state index is -0.317. The number of carbonyl (C=O) groups excluding carboxylic acids is 2. The number of unbranched alkanes of at least 4 members (excludes halogenated alkanes) is 8. The Morgan fingerprint density at radius 3 is 1.07 bits per heavy atom. The molecule has 0 spiro atoms. The number of hydrogen-bond donors (Lipinski definition) is 2. The standard InChI is InChI=1S/C40H72O6/c1-5-9-13-17-33(18-14-10-6-2)21-35(43)45-31-39-24-37(29-41)23-38(25-39,30-42)27-40(26-37,28-39)32-46-36(44)22-34(19-15-11-7-3)20-16-12-8-4/h33-34,41-42H,5-32H2,1-4H3. The van der Waals surface area contributed by atoms with E-state index in [1.54, 1.807) is 0 Å². The number of rotatable bonds is 26. The molecule has 6 heteroatoms. The third-order valence-electron chi connectivity index (χ3n) is 12.0. The molecule has 4 bridgehead atoms. The first-order valence-electron chi connectivity index (χ1n) is 19.7. The van der Waals surface area contributed by atoms with Crippen LogP contribution in [0.15, 0.2) is 0 Å². The average molecular weight is 649 g/mol. The molecule has 0 aliphatic heterocycles. The maximum Gasteiger partial charge on any atom is 0.306 e. The molecule has 0 aromatic heterocycles. The minimum Gasteiger partial charge on any atom is -0.465 e. The van der Waals surface area contributed by atoms with E-state index in [0.29, 0.717) is 37.9 Å². The third-order valence-corrected chi connectivity index (χ3v) is 12.0. The van der Waals surface area contributed by atoms with Crippen molar-refractivity contribution in [3.05, 3.63) is 0 Å². The lowest BCUT2D eigenvalue weighted by Gasteiger charge is -2.69. The van der Waals surface area contributed by atoms with Crippen LogP contribution in [0.25, 0.3) is 0 Å². The topological polar surface area (TPSA) is 93.1 Å². The number of ether oxygens (including phenoxy) is 2. The van der Waals surface area contributed by atoms with Gasteiger partial charge < -0.3 is 19.7 Å². The largest absolute Gasteiger partial charge is 0.465 e. The van der Waals surface area contributed by atoms with Gasteiger partial charge in [0.2, 0.25) is 0 Å². The number of esters is 2. The summed E-state index contributed by atoms with van der Waals surface area (Å²) in [6, 6.07) is 0. The van der Waals surface area contributed by atoms with Gasteiger partial charge in [0.05, 0.1) is 13.2 Å². The monoisotopic (exact) mass is 649 g/mol. The lowest BCUT2D eigenvalue weighted by molar-refractivity contribution is -0.245. The molecule has 0 radical (unpaired) electrons. The lowest BCUT2D eigenvalue weighted by atomic mass is 9.36. The predicted octanol–water partition coefficient (Wildman–Crippen LogP) is 9.72. The van der Waals surface area contributed by atoms with Crippen LogP contribution in [-0.4, -0.2) is 48.6 Å². The first-order valence-corrected chi connectivity index (χ1v) is 19.7. The first kappa shape index (κ1) is 39.3. The molecule has 0 unspecified atom stereocenters. The van der Waals surface area contributed by atoms with Gasteiger partial charge in [-0.25, -0.2) is 0 Å². The van der Waals surface area contributed by atoms with Gasteiger partial charge in [0, 0.05) is 36.9 Å².